The molecular formula is C39H51N3O6Si. The van der Waals surface area contributed by atoms with Gasteiger partial charge in [0.05, 0.1) is 19.1 Å². The molecular weight excluding hydrogens is 635 g/mol. The van der Waals surface area contributed by atoms with Gasteiger partial charge in [-0.15, -0.1) is 0 Å². The van der Waals surface area contributed by atoms with E-state index in [0.29, 0.717) is 24.8 Å². The molecule has 5 rings (SSSR count). The van der Waals surface area contributed by atoms with Gasteiger partial charge in [-0.05, 0) is 72.3 Å². The van der Waals surface area contributed by atoms with Gasteiger partial charge in [0.15, 0.2) is 8.32 Å². The Morgan fingerprint density at radius 2 is 1.59 bits per heavy atom. The summed E-state index contributed by atoms with van der Waals surface area (Å²) in [5.74, 6) is -1.28. The van der Waals surface area contributed by atoms with Crippen molar-refractivity contribution in [3.63, 3.8) is 0 Å². The smallest absolute Gasteiger partial charge is 0.308 e. The zero-order chi connectivity index (χ0) is 35.2. The van der Waals surface area contributed by atoms with E-state index in [-0.39, 0.29) is 48.4 Å². The fourth-order valence-corrected chi connectivity index (χ4v) is 7.52. The van der Waals surface area contributed by atoms with Crippen molar-refractivity contribution in [3.05, 3.63) is 83.9 Å². The van der Waals surface area contributed by atoms with E-state index in [2.05, 4.69) is 44.5 Å². The standard InChI is InChI=1S/C39H51N3O6Si/c1-39(2,3)49(4,5)48-26-31(24-35(43)47-25-27-13-7-6-8-14-27)40-37(45)34-22-21-32-17-11-12-18-33(38(46)42(32)34)41-36(44)30-20-19-28-15-9-10-16-29(28)23-30/h6-10,13-16,19-20,23,31-34H,11-12,17-18,21-22,24-26H2,1-5H3,(H,40,45)(H,41,44)/t31-,32-,33-,34-/m0/s1. The molecule has 0 spiro atoms. The van der Waals surface area contributed by atoms with Gasteiger partial charge < -0.3 is 24.7 Å². The Labute approximate surface area is 291 Å². The second-order valence-electron chi connectivity index (χ2n) is 15.0. The van der Waals surface area contributed by atoms with Gasteiger partial charge >= 0.3 is 5.97 Å². The molecule has 0 unspecified atom stereocenters. The molecule has 3 aromatic rings. The fourth-order valence-electron chi connectivity index (χ4n) is 6.47. The van der Waals surface area contributed by atoms with Crippen molar-refractivity contribution in [1.29, 1.82) is 0 Å². The summed E-state index contributed by atoms with van der Waals surface area (Å²) >= 11 is 0. The van der Waals surface area contributed by atoms with Crippen LogP contribution in [-0.4, -0.2) is 67.7 Å². The quantitative estimate of drug-likeness (QED) is 0.176. The van der Waals surface area contributed by atoms with Crippen LogP contribution in [0.25, 0.3) is 10.8 Å². The number of esters is 1. The molecule has 0 bridgehead atoms. The van der Waals surface area contributed by atoms with Crippen LogP contribution in [-0.2, 0) is 30.2 Å². The van der Waals surface area contributed by atoms with E-state index in [9.17, 15) is 19.2 Å². The van der Waals surface area contributed by atoms with E-state index in [4.69, 9.17) is 9.16 Å². The molecule has 49 heavy (non-hydrogen) atoms. The van der Waals surface area contributed by atoms with Gasteiger partial charge in [-0.25, -0.2) is 0 Å². The summed E-state index contributed by atoms with van der Waals surface area (Å²) in [4.78, 5) is 56.3. The van der Waals surface area contributed by atoms with Crippen LogP contribution in [0, 0.1) is 0 Å². The normalized spacial score (nSPS) is 20.6. The molecule has 3 amide bonds. The Kier molecular flexibility index (Phi) is 11.6. The number of nitrogens with zero attached hydrogens (tertiary/aromatic N) is 1. The van der Waals surface area contributed by atoms with E-state index in [1.165, 1.54) is 0 Å². The predicted molar refractivity (Wildman–Crippen MR) is 193 cm³/mol. The first-order valence-corrected chi connectivity index (χ1v) is 20.5. The van der Waals surface area contributed by atoms with Crippen LogP contribution in [0.2, 0.25) is 18.1 Å². The number of carbonyl (C=O) groups excluding carboxylic acids is 4. The second-order valence-corrected chi connectivity index (χ2v) is 19.8. The minimum Gasteiger partial charge on any atom is -0.461 e. The van der Waals surface area contributed by atoms with Gasteiger partial charge in [0, 0.05) is 11.6 Å². The van der Waals surface area contributed by atoms with Gasteiger partial charge in [-0.2, -0.15) is 0 Å². The molecule has 0 saturated carbocycles. The SMILES string of the molecule is CC(C)(C)[Si](C)(C)OC[C@H](CC(=O)OCc1ccccc1)NC(=O)[C@@H]1CC[C@@H]2CCCC[C@H](NC(=O)c3ccc4ccccc4c3)C(=O)N21. The molecule has 0 radical (unpaired) electrons. The summed E-state index contributed by atoms with van der Waals surface area (Å²) in [7, 11) is -2.20. The first kappa shape index (κ1) is 36.3. The van der Waals surface area contributed by atoms with Crippen molar-refractivity contribution in [2.75, 3.05) is 6.61 Å². The number of rotatable bonds is 11. The van der Waals surface area contributed by atoms with Crippen LogP contribution < -0.4 is 10.6 Å². The third-order valence-electron chi connectivity index (χ3n) is 10.4. The van der Waals surface area contributed by atoms with E-state index >= 15 is 0 Å². The van der Waals surface area contributed by atoms with Crippen LogP contribution >= 0.6 is 0 Å². The molecule has 0 aromatic heterocycles. The molecule has 4 atom stereocenters. The molecule has 2 fully saturated rings. The molecule has 2 N–H and O–H groups in total. The van der Waals surface area contributed by atoms with Crippen LogP contribution in [0.15, 0.2) is 72.8 Å². The van der Waals surface area contributed by atoms with Crippen molar-refractivity contribution >= 4 is 42.8 Å². The third kappa shape index (κ3) is 9.16. The number of ether oxygens (including phenoxy) is 1. The highest BCUT2D eigenvalue weighted by Crippen LogP contribution is 2.37. The monoisotopic (exact) mass is 685 g/mol. The molecule has 9 nitrogen and oxygen atoms in total. The van der Waals surface area contributed by atoms with Crippen molar-refractivity contribution in [2.45, 2.75) is 115 Å². The Balaban J connectivity index is 1.28. The lowest BCUT2D eigenvalue weighted by atomic mass is 9.98. The number of hydrogen-bond acceptors (Lipinski definition) is 6. The summed E-state index contributed by atoms with van der Waals surface area (Å²) in [6, 6.07) is 20.7. The highest BCUT2D eigenvalue weighted by Gasteiger charge is 2.45. The lowest BCUT2D eigenvalue weighted by Gasteiger charge is -2.38. The van der Waals surface area contributed by atoms with Gasteiger partial charge in [-0.1, -0.05) is 94.3 Å². The summed E-state index contributed by atoms with van der Waals surface area (Å²) in [6.07, 6.45) is 4.20. The van der Waals surface area contributed by atoms with Gasteiger partial charge in [0.25, 0.3) is 5.91 Å². The number of nitrogens with one attached hydrogen (secondary N) is 2. The number of fused-ring (bicyclic) bond motifs is 2. The number of amides is 3. The predicted octanol–water partition coefficient (Wildman–Crippen LogP) is 6.51. The Morgan fingerprint density at radius 1 is 0.898 bits per heavy atom. The summed E-state index contributed by atoms with van der Waals surface area (Å²) < 4.78 is 12.0. The highest BCUT2D eigenvalue weighted by atomic mass is 28.4. The number of carbonyl (C=O) groups is 4. The minimum absolute atomic E-state index is 0.0538. The Morgan fingerprint density at radius 3 is 2.33 bits per heavy atom. The van der Waals surface area contributed by atoms with Crippen LogP contribution in [0.1, 0.15) is 81.6 Å². The lowest BCUT2D eigenvalue weighted by Crippen LogP contribution is -2.57. The highest BCUT2D eigenvalue weighted by molar-refractivity contribution is 6.74. The maximum absolute atomic E-state index is 14.2. The summed E-state index contributed by atoms with van der Waals surface area (Å²) in [6.45, 7) is 11.0. The topological polar surface area (TPSA) is 114 Å². The average Bonchev–Trinajstić information content (AvgIpc) is 3.49. The van der Waals surface area contributed by atoms with Crippen LogP contribution in [0.5, 0.6) is 0 Å². The number of benzene rings is 3. The fraction of sp³-hybridized carbons (Fsp3) is 0.487. The van der Waals surface area contributed by atoms with E-state index in [1.54, 1.807) is 11.0 Å². The molecule has 0 aliphatic carbocycles. The Hall–Kier alpha value is -4.02. The number of hydrogen-bond donors (Lipinski definition) is 2. The molecule has 2 saturated heterocycles. The van der Waals surface area contributed by atoms with Crippen molar-refractivity contribution in [2.24, 2.45) is 0 Å². The minimum atomic E-state index is -2.20. The molecule has 262 valence electrons. The van der Waals surface area contributed by atoms with Gasteiger partial charge in [0.2, 0.25) is 11.8 Å². The summed E-state index contributed by atoms with van der Waals surface area (Å²) in [5, 5.41) is 8.00. The molecule has 2 heterocycles. The maximum Gasteiger partial charge on any atom is 0.308 e. The zero-order valence-electron chi connectivity index (χ0n) is 29.5. The molecule has 3 aromatic carbocycles. The van der Waals surface area contributed by atoms with Crippen molar-refractivity contribution in [3.8, 4) is 0 Å². The third-order valence-corrected chi connectivity index (χ3v) is 14.9. The van der Waals surface area contributed by atoms with Crippen molar-refractivity contribution < 1.29 is 28.3 Å². The lowest BCUT2D eigenvalue weighted by molar-refractivity contribution is -0.147. The van der Waals surface area contributed by atoms with E-state index in [1.807, 2.05) is 66.7 Å². The van der Waals surface area contributed by atoms with Gasteiger partial charge in [0.1, 0.15) is 18.7 Å². The van der Waals surface area contributed by atoms with Crippen molar-refractivity contribution in [1.82, 2.24) is 15.5 Å². The van der Waals surface area contributed by atoms with Crippen LogP contribution in [0.4, 0.5) is 0 Å². The van der Waals surface area contributed by atoms with E-state index < -0.39 is 32.4 Å². The average molecular weight is 686 g/mol. The largest absolute Gasteiger partial charge is 0.461 e. The first-order valence-electron chi connectivity index (χ1n) is 17.6. The van der Waals surface area contributed by atoms with E-state index in [0.717, 1.165) is 35.6 Å². The molecule has 2 aliphatic heterocycles. The molecule has 10 heteroatoms. The maximum atomic E-state index is 14.2. The molecule has 2 aliphatic rings. The Bertz CT molecular complexity index is 1640. The summed E-state index contributed by atoms with van der Waals surface area (Å²) in [5.41, 5.74) is 1.37. The van der Waals surface area contributed by atoms with Gasteiger partial charge in [-0.3, -0.25) is 19.2 Å². The first-order chi connectivity index (χ1) is 23.3. The second kappa shape index (κ2) is 15.7. The van der Waals surface area contributed by atoms with Crippen LogP contribution in [0.3, 0.4) is 0 Å². The zero-order valence-corrected chi connectivity index (χ0v) is 30.5.